The number of carboxylic acid groups (broad SMARTS) is 1. The maximum absolute atomic E-state index is 13.3. The van der Waals surface area contributed by atoms with Gasteiger partial charge in [-0.1, -0.05) is 6.07 Å². The second-order valence-electron chi connectivity index (χ2n) is 4.17. The summed E-state index contributed by atoms with van der Waals surface area (Å²) in [5, 5.41) is 10.8. The van der Waals surface area contributed by atoms with E-state index in [1.807, 2.05) is 0 Å². The Hall–Kier alpha value is -0.970. The molecule has 2 atom stereocenters. The topological polar surface area (TPSA) is 37.3 Å². The number of alkyl halides is 2. The van der Waals surface area contributed by atoms with Gasteiger partial charge in [0.05, 0.1) is 5.92 Å². The lowest BCUT2D eigenvalue weighted by atomic mass is 9.76. The first-order chi connectivity index (χ1) is 7.49. The van der Waals surface area contributed by atoms with Crippen molar-refractivity contribution in [3.63, 3.8) is 0 Å². The Labute approximate surface area is 95.9 Å². The summed E-state index contributed by atoms with van der Waals surface area (Å²) in [6.45, 7) is 0. The van der Waals surface area contributed by atoms with E-state index in [4.69, 9.17) is 5.11 Å². The van der Waals surface area contributed by atoms with Crippen molar-refractivity contribution in [1.82, 2.24) is 0 Å². The third-order valence-corrected chi connectivity index (χ3v) is 4.06. The molecule has 0 radical (unpaired) electrons. The third-order valence-electron chi connectivity index (χ3n) is 3.05. The average molecular weight is 246 g/mol. The molecule has 1 aliphatic carbocycles. The second kappa shape index (κ2) is 4.13. The van der Waals surface area contributed by atoms with Gasteiger partial charge in [-0.2, -0.15) is 0 Å². The second-order valence-corrected chi connectivity index (χ2v) is 5.14. The summed E-state index contributed by atoms with van der Waals surface area (Å²) in [7, 11) is 0. The number of carbonyl (C=O) groups is 1. The molecule has 0 amide bonds. The molecule has 0 saturated heterocycles. The SMILES string of the molecule is O=C(O)[C@@H]1CCC(F)(F)C[C@H]1c1cccs1. The first kappa shape index (κ1) is 11.5. The number of halogens is 2. The molecule has 1 aliphatic rings. The van der Waals surface area contributed by atoms with Crippen molar-refractivity contribution >= 4 is 17.3 Å². The van der Waals surface area contributed by atoms with Gasteiger partial charge in [0.25, 0.3) is 0 Å². The smallest absolute Gasteiger partial charge is 0.307 e. The van der Waals surface area contributed by atoms with Crippen LogP contribution in [-0.4, -0.2) is 17.0 Å². The van der Waals surface area contributed by atoms with E-state index in [0.717, 1.165) is 4.88 Å². The molecule has 0 spiro atoms. The molecule has 0 aliphatic heterocycles. The molecular formula is C11H12F2O2S. The van der Waals surface area contributed by atoms with E-state index in [0.29, 0.717) is 0 Å². The highest BCUT2D eigenvalue weighted by Crippen LogP contribution is 2.46. The number of hydrogen-bond donors (Lipinski definition) is 1. The largest absolute Gasteiger partial charge is 0.481 e. The molecule has 1 aromatic heterocycles. The van der Waals surface area contributed by atoms with E-state index >= 15 is 0 Å². The lowest BCUT2D eigenvalue weighted by Gasteiger charge is -2.33. The van der Waals surface area contributed by atoms with Crippen LogP contribution < -0.4 is 0 Å². The molecule has 0 bridgehead atoms. The van der Waals surface area contributed by atoms with Crippen molar-refractivity contribution in [2.75, 3.05) is 0 Å². The lowest BCUT2D eigenvalue weighted by molar-refractivity contribution is -0.147. The fraction of sp³-hybridized carbons (Fsp3) is 0.545. The fourth-order valence-electron chi connectivity index (χ4n) is 2.23. The van der Waals surface area contributed by atoms with Gasteiger partial charge in [0, 0.05) is 23.6 Å². The van der Waals surface area contributed by atoms with Crippen LogP contribution in [0.15, 0.2) is 17.5 Å². The lowest BCUT2D eigenvalue weighted by Crippen LogP contribution is -2.34. The molecule has 2 rings (SSSR count). The zero-order valence-electron chi connectivity index (χ0n) is 8.53. The summed E-state index contributed by atoms with van der Waals surface area (Å²) in [5.74, 6) is -4.89. The zero-order chi connectivity index (χ0) is 11.8. The molecule has 1 aromatic rings. The molecule has 1 heterocycles. The average Bonchev–Trinajstić information content (AvgIpc) is 2.68. The van der Waals surface area contributed by atoms with Gasteiger partial charge < -0.3 is 5.11 Å². The summed E-state index contributed by atoms with van der Waals surface area (Å²) in [5.41, 5.74) is 0. The highest BCUT2D eigenvalue weighted by atomic mass is 32.1. The van der Waals surface area contributed by atoms with Crippen LogP contribution in [-0.2, 0) is 4.79 Å². The van der Waals surface area contributed by atoms with Gasteiger partial charge in [-0.05, 0) is 17.9 Å². The van der Waals surface area contributed by atoms with Crippen LogP contribution in [0.4, 0.5) is 8.78 Å². The van der Waals surface area contributed by atoms with Crippen molar-refractivity contribution < 1.29 is 18.7 Å². The van der Waals surface area contributed by atoms with Crippen LogP contribution in [0.1, 0.15) is 30.1 Å². The van der Waals surface area contributed by atoms with Gasteiger partial charge in [0.15, 0.2) is 0 Å². The highest BCUT2D eigenvalue weighted by Gasteiger charge is 2.45. The number of carboxylic acids is 1. The number of thiophene rings is 1. The zero-order valence-corrected chi connectivity index (χ0v) is 9.34. The van der Waals surface area contributed by atoms with Gasteiger partial charge >= 0.3 is 5.97 Å². The van der Waals surface area contributed by atoms with E-state index in [-0.39, 0.29) is 19.3 Å². The van der Waals surface area contributed by atoms with Crippen LogP contribution in [0.3, 0.4) is 0 Å². The van der Waals surface area contributed by atoms with Crippen LogP contribution in [0.25, 0.3) is 0 Å². The molecular weight excluding hydrogens is 234 g/mol. The molecule has 88 valence electrons. The number of rotatable bonds is 2. The summed E-state index contributed by atoms with van der Waals surface area (Å²) in [4.78, 5) is 11.8. The highest BCUT2D eigenvalue weighted by molar-refractivity contribution is 7.10. The maximum Gasteiger partial charge on any atom is 0.307 e. The van der Waals surface area contributed by atoms with Crippen LogP contribution in [0.5, 0.6) is 0 Å². The minimum atomic E-state index is -2.72. The monoisotopic (exact) mass is 246 g/mol. The van der Waals surface area contributed by atoms with Crippen molar-refractivity contribution in [2.45, 2.75) is 31.1 Å². The Balaban J connectivity index is 2.25. The Morgan fingerprint density at radius 2 is 2.31 bits per heavy atom. The first-order valence-electron chi connectivity index (χ1n) is 5.14. The van der Waals surface area contributed by atoms with E-state index in [2.05, 4.69) is 0 Å². The van der Waals surface area contributed by atoms with E-state index in [1.54, 1.807) is 17.5 Å². The Kier molecular flexibility index (Phi) is 2.97. The minimum Gasteiger partial charge on any atom is -0.481 e. The third kappa shape index (κ3) is 2.24. The molecule has 1 fully saturated rings. The Morgan fingerprint density at radius 1 is 1.56 bits per heavy atom. The quantitative estimate of drug-likeness (QED) is 0.868. The van der Waals surface area contributed by atoms with Crippen LogP contribution in [0, 0.1) is 5.92 Å². The van der Waals surface area contributed by atoms with Crippen molar-refractivity contribution in [3.8, 4) is 0 Å². The molecule has 2 nitrogen and oxygen atoms in total. The maximum atomic E-state index is 13.3. The predicted molar refractivity (Wildman–Crippen MR) is 57.0 cm³/mol. The van der Waals surface area contributed by atoms with E-state index in [1.165, 1.54) is 11.3 Å². The van der Waals surface area contributed by atoms with Gasteiger partial charge in [-0.3, -0.25) is 4.79 Å². The predicted octanol–water partition coefficient (Wildman–Crippen LogP) is 3.35. The fourth-order valence-corrected chi connectivity index (χ4v) is 3.12. The summed E-state index contributed by atoms with van der Waals surface area (Å²) >= 11 is 1.35. The standard InChI is InChI=1S/C11H12F2O2S/c12-11(13)4-3-7(10(14)15)8(6-11)9-2-1-5-16-9/h1-2,5,7-8H,3-4,6H2,(H,14,15)/t7-,8-/m1/s1. The van der Waals surface area contributed by atoms with Gasteiger partial charge in [-0.15, -0.1) is 11.3 Å². The molecule has 5 heteroatoms. The molecule has 0 aromatic carbocycles. The summed E-state index contributed by atoms with van der Waals surface area (Å²) in [6, 6.07) is 3.51. The Morgan fingerprint density at radius 3 is 2.88 bits per heavy atom. The van der Waals surface area contributed by atoms with Gasteiger partial charge in [-0.25, -0.2) is 8.78 Å². The molecule has 1 N–H and O–H groups in total. The molecule has 1 saturated carbocycles. The van der Waals surface area contributed by atoms with Gasteiger partial charge in [0.1, 0.15) is 0 Å². The van der Waals surface area contributed by atoms with Crippen LogP contribution in [0.2, 0.25) is 0 Å². The molecule has 16 heavy (non-hydrogen) atoms. The summed E-state index contributed by atoms with van der Waals surface area (Å²) in [6.07, 6.45) is -0.596. The summed E-state index contributed by atoms with van der Waals surface area (Å²) < 4.78 is 26.6. The minimum absolute atomic E-state index is 0.0604. The number of aliphatic carboxylic acids is 1. The van der Waals surface area contributed by atoms with Crippen molar-refractivity contribution in [2.24, 2.45) is 5.92 Å². The van der Waals surface area contributed by atoms with Gasteiger partial charge in [0.2, 0.25) is 5.92 Å². The number of hydrogen-bond acceptors (Lipinski definition) is 2. The normalized spacial score (nSPS) is 28.9. The van der Waals surface area contributed by atoms with E-state index in [9.17, 15) is 13.6 Å². The first-order valence-corrected chi connectivity index (χ1v) is 6.01. The Bertz CT molecular complexity index is 375. The van der Waals surface area contributed by atoms with E-state index < -0.39 is 23.7 Å². The van der Waals surface area contributed by atoms with Crippen LogP contribution >= 0.6 is 11.3 Å². The molecule has 0 unspecified atom stereocenters. The van der Waals surface area contributed by atoms with Crippen molar-refractivity contribution in [3.05, 3.63) is 22.4 Å². The van der Waals surface area contributed by atoms with Crippen molar-refractivity contribution in [1.29, 1.82) is 0 Å².